The molecule has 3 rings (SSSR count). The molecule has 2 aliphatic rings. The molecule has 1 aromatic rings. The molecule has 4 atom stereocenters. The molecule has 1 heterocycles. The molecule has 4 unspecified atom stereocenters. The van der Waals surface area contributed by atoms with Gasteiger partial charge >= 0.3 is 5.97 Å². The molecule has 10 nitrogen and oxygen atoms in total. The highest BCUT2D eigenvalue weighted by Gasteiger charge is 2.44. The minimum absolute atomic E-state index is 0.0450. The molecule has 0 aromatic heterocycles. The molecule has 1 aromatic carbocycles. The van der Waals surface area contributed by atoms with Gasteiger partial charge in [-0.3, -0.25) is 19.2 Å². The van der Waals surface area contributed by atoms with E-state index in [-0.39, 0.29) is 48.6 Å². The highest BCUT2D eigenvalue weighted by molar-refractivity contribution is 5.81. The third-order valence-corrected chi connectivity index (χ3v) is 9.06. The maximum Gasteiger partial charge on any atom is 0.311 e. The minimum Gasteiger partial charge on any atom is -0.420 e. The van der Waals surface area contributed by atoms with Crippen molar-refractivity contribution < 1.29 is 60.4 Å². The first-order chi connectivity index (χ1) is 24.0. The van der Waals surface area contributed by atoms with Crippen LogP contribution in [0, 0.1) is 40.9 Å². The second kappa shape index (κ2) is 21.9. The summed E-state index contributed by atoms with van der Waals surface area (Å²) in [7, 11) is 0. The van der Waals surface area contributed by atoms with Crippen LogP contribution in [0.2, 0.25) is 0 Å². The van der Waals surface area contributed by atoms with Crippen molar-refractivity contribution in [3.05, 3.63) is 29.1 Å². The van der Waals surface area contributed by atoms with E-state index in [2.05, 4.69) is 15.4 Å². The molecule has 2 fully saturated rings. The summed E-state index contributed by atoms with van der Waals surface area (Å²) in [4.78, 5) is 47.7. The summed E-state index contributed by atoms with van der Waals surface area (Å²) in [6, 6.07) is 0. The van der Waals surface area contributed by atoms with Crippen LogP contribution >= 0.6 is 0 Å². The highest BCUT2D eigenvalue weighted by atomic mass is 19.2. The number of fused-ring (bicyclic) bond motifs is 1. The predicted octanol–water partition coefficient (Wildman–Crippen LogP) is 5.70. The summed E-state index contributed by atoms with van der Waals surface area (Å²) < 4.78 is 82.7. The zero-order chi connectivity index (χ0) is 36.5. The monoisotopic (exact) mass is 720 g/mol. The van der Waals surface area contributed by atoms with E-state index in [9.17, 15) is 46.2 Å². The van der Waals surface area contributed by atoms with Crippen LogP contribution in [0.3, 0.4) is 0 Å². The molecule has 282 valence electrons. The van der Waals surface area contributed by atoms with E-state index in [4.69, 9.17) is 9.47 Å². The van der Waals surface area contributed by atoms with Crippen LogP contribution in [0.1, 0.15) is 109 Å². The first-order valence-corrected chi connectivity index (χ1v) is 17.7. The number of aliphatic hydroxyl groups is 1. The smallest absolute Gasteiger partial charge is 0.311 e. The number of hydrogen-bond donors (Lipinski definition) is 3. The Morgan fingerprint density at radius 3 is 1.80 bits per heavy atom. The van der Waals surface area contributed by atoms with Crippen molar-refractivity contribution in [2.24, 2.45) is 11.8 Å². The number of hydrogen-bond acceptors (Lipinski definition) is 8. The molecule has 1 aliphatic carbocycles. The van der Waals surface area contributed by atoms with Crippen molar-refractivity contribution >= 4 is 23.6 Å². The molecular weight excluding hydrogens is 671 g/mol. The van der Waals surface area contributed by atoms with Crippen LogP contribution < -0.4 is 15.4 Å². The number of carbonyl (C=O) groups excluding carboxylic acids is 4. The Morgan fingerprint density at radius 1 is 0.700 bits per heavy atom. The molecular formula is C35H49F5N2O8. The van der Waals surface area contributed by atoms with Gasteiger partial charge in [-0.2, -0.15) is 8.78 Å². The molecule has 0 radical (unpaired) electrons. The van der Waals surface area contributed by atoms with Gasteiger partial charge in [-0.15, -0.1) is 0 Å². The fraction of sp³-hybridized carbons (Fsp3) is 0.714. The highest BCUT2D eigenvalue weighted by Crippen LogP contribution is 2.41. The summed E-state index contributed by atoms with van der Waals surface area (Å²) in [5.74, 6) is -13.4. The van der Waals surface area contributed by atoms with Gasteiger partial charge in [0.1, 0.15) is 5.78 Å². The van der Waals surface area contributed by atoms with Gasteiger partial charge in [0.05, 0.1) is 12.7 Å². The number of ether oxygens (including phenoxy) is 3. The lowest BCUT2D eigenvalue weighted by molar-refractivity contribution is -0.228. The number of carbonyl (C=O) groups is 4. The molecule has 3 N–H and O–H groups in total. The van der Waals surface area contributed by atoms with E-state index in [0.717, 1.165) is 38.5 Å². The zero-order valence-corrected chi connectivity index (χ0v) is 28.4. The largest absolute Gasteiger partial charge is 0.420 e. The molecule has 1 aliphatic heterocycles. The Hall–Kier alpha value is -3.17. The van der Waals surface area contributed by atoms with Gasteiger partial charge in [-0.05, 0) is 43.9 Å². The normalized spacial score (nSPS) is 20.1. The van der Waals surface area contributed by atoms with Crippen LogP contribution in [-0.4, -0.2) is 67.4 Å². The molecule has 15 heteroatoms. The van der Waals surface area contributed by atoms with Crippen LogP contribution in [-0.2, 0) is 28.7 Å². The minimum atomic E-state index is -2.32. The maximum atomic E-state index is 13.6. The van der Waals surface area contributed by atoms with Crippen molar-refractivity contribution in [3.8, 4) is 5.75 Å². The average molecular weight is 721 g/mol. The van der Waals surface area contributed by atoms with Gasteiger partial charge in [-0.1, -0.05) is 38.5 Å². The summed E-state index contributed by atoms with van der Waals surface area (Å²) in [6.45, 7) is 1.23. The number of halogens is 5. The van der Waals surface area contributed by atoms with E-state index in [1.165, 1.54) is 0 Å². The van der Waals surface area contributed by atoms with E-state index in [0.29, 0.717) is 83.9 Å². The number of rotatable bonds is 23. The standard InChI is InChI=1S/C35H49F5N2O8/c36-30-31(37)33(39)35(34(40)32(30)38)50-28(47)14-8-6-4-2-1-3-5-7-12-26(45)41-15-11-16-42-27(46)13-9-10-17-48-29-19-22-18-23(44)20-24(22)25(21-43)49-29/h22,24-25,29,43H,1-21H2,(H,41,45)(H,42,46). The second-order valence-electron chi connectivity index (χ2n) is 13.0. The van der Waals surface area contributed by atoms with Crippen LogP contribution in [0.4, 0.5) is 22.0 Å². The number of benzene rings is 1. The number of unbranched alkanes of at least 4 members (excludes halogenated alkanes) is 8. The molecule has 50 heavy (non-hydrogen) atoms. The van der Waals surface area contributed by atoms with Gasteiger partial charge in [0.2, 0.25) is 46.6 Å². The third kappa shape index (κ3) is 13.5. The predicted molar refractivity (Wildman–Crippen MR) is 170 cm³/mol. The number of esters is 1. The van der Waals surface area contributed by atoms with Gasteiger partial charge < -0.3 is 30.0 Å². The number of Topliss-reactive ketones (excluding diaryl/α,β-unsaturated/α-hetero) is 1. The van der Waals surface area contributed by atoms with E-state index in [1.807, 2.05) is 0 Å². The van der Waals surface area contributed by atoms with Crippen LogP contribution in [0.5, 0.6) is 5.75 Å². The second-order valence-corrected chi connectivity index (χ2v) is 13.0. The van der Waals surface area contributed by atoms with Gasteiger partial charge in [0, 0.05) is 58.2 Å². The lowest BCUT2D eigenvalue weighted by atomic mass is 9.86. The van der Waals surface area contributed by atoms with Gasteiger partial charge in [-0.25, -0.2) is 13.2 Å². The van der Waals surface area contributed by atoms with Gasteiger partial charge in [0.25, 0.3) is 0 Å². The summed E-state index contributed by atoms with van der Waals surface area (Å²) in [6.07, 6.45) is 9.43. The Balaban J connectivity index is 1.07. The van der Waals surface area contributed by atoms with Crippen molar-refractivity contribution in [1.82, 2.24) is 10.6 Å². The Labute approximate surface area is 289 Å². The molecule has 1 saturated heterocycles. The van der Waals surface area contributed by atoms with Crippen molar-refractivity contribution in [3.63, 3.8) is 0 Å². The fourth-order valence-electron chi connectivity index (χ4n) is 6.31. The SMILES string of the molecule is O=C1CC2CC(OCCCCC(=O)NCCCNC(=O)CCCCCCCCCCC(=O)Oc3c(F)c(F)c(F)c(F)c3F)OC(CO)C2C1. The average Bonchev–Trinajstić information content (AvgIpc) is 3.48. The number of amides is 2. The first kappa shape index (κ1) is 41.3. The Morgan fingerprint density at radius 2 is 1.22 bits per heavy atom. The van der Waals surface area contributed by atoms with Crippen molar-refractivity contribution in [1.29, 1.82) is 0 Å². The number of nitrogens with one attached hydrogen (secondary N) is 2. The van der Waals surface area contributed by atoms with E-state index < -0.39 is 47.1 Å². The summed E-state index contributed by atoms with van der Waals surface area (Å²) in [5, 5.41) is 15.3. The molecule has 2 amide bonds. The lowest BCUT2D eigenvalue weighted by Gasteiger charge is -2.37. The number of aliphatic hydroxyl groups excluding tert-OH is 1. The molecule has 0 bridgehead atoms. The fourth-order valence-corrected chi connectivity index (χ4v) is 6.31. The first-order valence-electron chi connectivity index (χ1n) is 17.7. The molecule has 1 saturated carbocycles. The Bertz CT molecular complexity index is 1260. The van der Waals surface area contributed by atoms with E-state index >= 15 is 0 Å². The summed E-state index contributed by atoms with van der Waals surface area (Å²) >= 11 is 0. The van der Waals surface area contributed by atoms with Crippen molar-refractivity contribution in [2.45, 2.75) is 122 Å². The van der Waals surface area contributed by atoms with Crippen molar-refractivity contribution in [2.75, 3.05) is 26.3 Å². The quantitative estimate of drug-likeness (QED) is 0.0327. The van der Waals surface area contributed by atoms with Crippen LogP contribution in [0.15, 0.2) is 0 Å². The topological polar surface area (TPSA) is 140 Å². The third-order valence-electron chi connectivity index (χ3n) is 9.06. The van der Waals surface area contributed by atoms with Gasteiger partial charge in [0.15, 0.2) is 6.29 Å². The Kier molecular flexibility index (Phi) is 18.1. The lowest BCUT2D eigenvalue weighted by Crippen LogP contribution is -2.42. The van der Waals surface area contributed by atoms with E-state index in [1.54, 1.807) is 0 Å². The number of ketones is 1. The maximum absolute atomic E-state index is 13.6. The van der Waals surface area contributed by atoms with Crippen LogP contribution in [0.25, 0.3) is 0 Å². The summed E-state index contributed by atoms with van der Waals surface area (Å²) in [5.41, 5.74) is 0. The molecule has 0 spiro atoms. The zero-order valence-electron chi connectivity index (χ0n) is 28.4.